The third-order valence-electron chi connectivity index (χ3n) is 5.18. The summed E-state index contributed by atoms with van der Waals surface area (Å²) in [6.07, 6.45) is 1.70. The molecule has 0 saturated carbocycles. The number of para-hydroxylation sites is 1. The van der Waals surface area contributed by atoms with Crippen molar-refractivity contribution in [3.63, 3.8) is 0 Å². The number of Topliss-reactive ketones (excluding diaryl/α,β-unsaturated/α-hetero) is 1. The van der Waals surface area contributed by atoms with Crippen LogP contribution in [0, 0.1) is 0 Å². The molecule has 0 unspecified atom stereocenters. The number of hydrogen-bond donors (Lipinski definition) is 3. The molecule has 3 aromatic rings. The van der Waals surface area contributed by atoms with E-state index in [2.05, 4.69) is 20.9 Å². The average Bonchev–Trinajstić information content (AvgIpc) is 2.91. The Morgan fingerprint density at radius 3 is 2.19 bits per heavy atom. The molecule has 3 amide bonds. The molecule has 0 fully saturated rings. The number of carbonyl (C=O) groups excluding carboxylic acids is 4. The van der Waals surface area contributed by atoms with Gasteiger partial charge in [0, 0.05) is 12.6 Å². The molecule has 0 aliphatic heterocycles. The van der Waals surface area contributed by atoms with Crippen LogP contribution in [0.5, 0.6) is 5.75 Å². The van der Waals surface area contributed by atoms with Crippen LogP contribution in [0.3, 0.4) is 0 Å². The second-order valence-corrected chi connectivity index (χ2v) is 8.01. The van der Waals surface area contributed by atoms with Crippen molar-refractivity contribution < 1.29 is 23.9 Å². The standard InChI is InChI=1S/C27H28N4O5/c1-19(30-24(32)18-36-22-13-6-3-7-14-22)26(34)31-23(16-20-10-4-2-5-11-20)25(33)27(35)29-17-21-12-8-9-15-28-21/h2-15,19,23H,16-18H2,1H3,(H,29,35)(H,30,32)(H,31,34)/t19-,23-/m1/s1. The minimum atomic E-state index is -1.12. The van der Waals surface area contributed by atoms with Crippen LogP contribution in [0.2, 0.25) is 0 Å². The van der Waals surface area contributed by atoms with Gasteiger partial charge in [-0.25, -0.2) is 0 Å². The fourth-order valence-corrected chi connectivity index (χ4v) is 3.29. The van der Waals surface area contributed by atoms with Crippen LogP contribution in [0.15, 0.2) is 85.1 Å². The number of benzene rings is 2. The summed E-state index contributed by atoms with van der Waals surface area (Å²) in [6, 6.07) is 21.0. The third-order valence-corrected chi connectivity index (χ3v) is 5.18. The lowest BCUT2D eigenvalue weighted by Gasteiger charge is -2.21. The van der Waals surface area contributed by atoms with Crippen LogP contribution >= 0.6 is 0 Å². The van der Waals surface area contributed by atoms with E-state index in [1.165, 1.54) is 6.92 Å². The van der Waals surface area contributed by atoms with Gasteiger partial charge < -0.3 is 20.7 Å². The van der Waals surface area contributed by atoms with Crippen LogP contribution in [0.25, 0.3) is 0 Å². The van der Waals surface area contributed by atoms with Gasteiger partial charge in [-0.2, -0.15) is 0 Å². The molecule has 1 aromatic heterocycles. The van der Waals surface area contributed by atoms with Gasteiger partial charge in [0.1, 0.15) is 17.8 Å². The number of rotatable bonds is 12. The van der Waals surface area contributed by atoms with E-state index < -0.39 is 35.6 Å². The maximum Gasteiger partial charge on any atom is 0.289 e. The number of amides is 3. The molecule has 9 heteroatoms. The minimum Gasteiger partial charge on any atom is -0.484 e. The van der Waals surface area contributed by atoms with E-state index >= 15 is 0 Å². The number of nitrogens with zero attached hydrogens (tertiary/aromatic N) is 1. The topological polar surface area (TPSA) is 126 Å². The third kappa shape index (κ3) is 8.35. The average molecular weight is 489 g/mol. The second-order valence-electron chi connectivity index (χ2n) is 8.01. The lowest BCUT2D eigenvalue weighted by Crippen LogP contribution is -2.54. The minimum absolute atomic E-state index is 0.0747. The Morgan fingerprint density at radius 2 is 1.53 bits per heavy atom. The Kier molecular flexibility index (Phi) is 9.69. The zero-order valence-corrected chi connectivity index (χ0v) is 19.8. The fourth-order valence-electron chi connectivity index (χ4n) is 3.29. The Balaban J connectivity index is 1.59. The van der Waals surface area contributed by atoms with Crippen LogP contribution in [0.4, 0.5) is 0 Å². The van der Waals surface area contributed by atoms with Crippen LogP contribution < -0.4 is 20.7 Å². The molecule has 1 heterocycles. The molecule has 3 N–H and O–H groups in total. The van der Waals surface area contributed by atoms with Crippen molar-refractivity contribution in [3.8, 4) is 5.75 Å². The number of nitrogens with one attached hydrogen (secondary N) is 3. The van der Waals surface area contributed by atoms with Gasteiger partial charge in [-0.05, 0) is 36.8 Å². The Morgan fingerprint density at radius 1 is 0.861 bits per heavy atom. The monoisotopic (exact) mass is 488 g/mol. The molecule has 2 atom stereocenters. The first kappa shape index (κ1) is 26.1. The molecule has 186 valence electrons. The van der Waals surface area contributed by atoms with E-state index in [-0.39, 0.29) is 19.6 Å². The fraction of sp³-hybridized carbons (Fsp3) is 0.222. The van der Waals surface area contributed by atoms with E-state index in [4.69, 9.17) is 4.74 Å². The molecule has 0 bridgehead atoms. The summed E-state index contributed by atoms with van der Waals surface area (Å²) in [5.74, 6) is -2.21. The predicted octanol–water partition coefficient (Wildman–Crippen LogP) is 1.58. The highest BCUT2D eigenvalue weighted by Gasteiger charge is 2.29. The first-order valence-corrected chi connectivity index (χ1v) is 11.5. The first-order valence-electron chi connectivity index (χ1n) is 11.5. The Hall–Kier alpha value is -4.53. The van der Waals surface area contributed by atoms with E-state index in [1.807, 2.05) is 12.1 Å². The smallest absolute Gasteiger partial charge is 0.289 e. The Bertz CT molecular complexity index is 1160. The Labute approximate surface area is 209 Å². The highest BCUT2D eigenvalue weighted by Crippen LogP contribution is 2.08. The summed E-state index contributed by atoms with van der Waals surface area (Å²) in [6.45, 7) is 1.29. The second kappa shape index (κ2) is 13.4. The van der Waals surface area contributed by atoms with Crippen molar-refractivity contribution >= 4 is 23.5 Å². The summed E-state index contributed by atoms with van der Waals surface area (Å²) in [5.41, 5.74) is 1.36. The molecular weight excluding hydrogens is 460 g/mol. The van der Waals surface area contributed by atoms with Crippen molar-refractivity contribution in [2.75, 3.05) is 6.61 Å². The molecule has 9 nitrogen and oxygen atoms in total. The van der Waals surface area contributed by atoms with Gasteiger partial charge in [0.15, 0.2) is 6.61 Å². The molecule has 0 saturated heterocycles. The van der Waals surface area contributed by atoms with Crippen molar-refractivity contribution in [3.05, 3.63) is 96.3 Å². The van der Waals surface area contributed by atoms with Crippen LogP contribution in [0.1, 0.15) is 18.2 Å². The summed E-state index contributed by atoms with van der Waals surface area (Å²) in [7, 11) is 0. The lowest BCUT2D eigenvalue weighted by atomic mass is 10.0. The van der Waals surface area contributed by atoms with Crippen LogP contribution in [-0.2, 0) is 32.1 Å². The first-order chi connectivity index (χ1) is 17.4. The number of aromatic nitrogens is 1. The summed E-state index contributed by atoms with van der Waals surface area (Å²) in [5, 5.41) is 7.68. The molecule has 3 rings (SSSR count). The number of ether oxygens (including phenoxy) is 1. The quantitative estimate of drug-likeness (QED) is 0.332. The number of carbonyl (C=O) groups is 4. The molecule has 0 radical (unpaired) electrons. The molecule has 36 heavy (non-hydrogen) atoms. The molecule has 0 spiro atoms. The van der Waals surface area contributed by atoms with E-state index in [1.54, 1.807) is 72.9 Å². The zero-order valence-electron chi connectivity index (χ0n) is 19.8. The highest BCUT2D eigenvalue weighted by molar-refractivity contribution is 6.38. The maximum absolute atomic E-state index is 13.0. The van der Waals surface area contributed by atoms with Gasteiger partial charge in [-0.3, -0.25) is 24.2 Å². The van der Waals surface area contributed by atoms with Gasteiger partial charge in [-0.1, -0.05) is 54.6 Å². The van der Waals surface area contributed by atoms with Gasteiger partial charge in [-0.15, -0.1) is 0 Å². The van der Waals surface area contributed by atoms with E-state index in [0.29, 0.717) is 11.4 Å². The van der Waals surface area contributed by atoms with Crippen molar-refractivity contribution in [1.29, 1.82) is 0 Å². The van der Waals surface area contributed by atoms with E-state index in [9.17, 15) is 19.2 Å². The van der Waals surface area contributed by atoms with Crippen LogP contribution in [-0.4, -0.2) is 47.2 Å². The number of ketones is 1. The van der Waals surface area contributed by atoms with Gasteiger partial charge in [0.05, 0.1) is 12.2 Å². The predicted molar refractivity (Wildman–Crippen MR) is 133 cm³/mol. The lowest BCUT2D eigenvalue weighted by molar-refractivity contribution is -0.140. The largest absolute Gasteiger partial charge is 0.484 e. The molecular formula is C27H28N4O5. The summed E-state index contributed by atoms with van der Waals surface area (Å²) in [4.78, 5) is 54.7. The SMILES string of the molecule is C[C@@H](NC(=O)COc1ccccc1)C(=O)N[C@H](Cc1ccccc1)C(=O)C(=O)NCc1ccccn1. The van der Waals surface area contributed by atoms with Crippen molar-refractivity contribution in [2.45, 2.75) is 32.0 Å². The molecule has 0 aliphatic rings. The van der Waals surface area contributed by atoms with Gasteiger partial charge >= 0.3 is 0 Å². The molecule has 2 aromatic carbocycles. The zero-order chi connectivity index (χ0) is 25.8. The highest BCUT2D eigenvalue weighted by atomic mass is 16.5. The van der Waals surface area contributed by atoms with Gasteiger partial charge in [0.2, 0.25) is 11.7 Å². The summed E-state index contributed by atoms with van der Waals surface area (Å²) >= 11 is 0. The number of hydrogen-bond acceptors (Lipinski definition) is 6. The maximum atomic E-state index is 13.0. The van der Waals surface area contributed by atoms with Crippen molar-refractivity contribution in [2.24, 2.45) is 0 Å². The summed E-state index contributed by atoms with van der Waals surface area (Å²) < 4.78 is 5.39. The molecule has 0 aliphatic carbocycles. The van der Waals surface area contributed by atoms with Gasteiger partial charge in [0.25, 0.3) is 11.8 Å². The number of pyridine rings is 1. The normalized spacial score (nSPS) is 12.0. The van der Waals surface area contributed by atoms with Crippen molar-refractivity contribution in [1.82, 2.24) is 20.9 Å². The van der Waals surface area contributed by atoms with E-state index in [0.717, 1.165) is 5.56 Å².